The number of fused-ring (bicyclic) bond motifs is 1. The lowest BCUT2D eigenvalue weighted by Crippen LogP contribution is -2.16. The third-order valence-electron chi connectivity index (χ3n) is 5.26. The van der Waals surface area contributed by atoms with Gasteiger partial charge in [0, 0.05) is 27.5 Å². The molecule has 0 amide bonds. The molecule has 4 rings (SSSR count). The molecule has 0 aliphatic carbocycles. The van der Waals surface area contributed by atoms with Gasteiger partial charge in [-0.25, -0.2) is 18.4 Å². The lowest BCUT2D eigenvalue weighted by Gasteiger charge is -2.16. The summed E-state index contributed by atoms with van der Waals surface area (Å²) in [5.74, 6) is 0.486. The van der Waals surface area contributed by atoms with Crippen molar-refractivity contribution in [2.75, 3.05) is 18.1 Å². The SMILES string of the molecule is Cc1cc(C(=O)COc2ncnc3ccc(Br)cc23)c(C)n1C1CCS(=O)(=O)C1. The molecule has 1 unspecified atom stereocenters. The summed E-state index contributed by atoms with van der Waals surface area (Å²) in [6, 6.07) is 7.26. The van der Waals surface area contributed by atoms with Gasteiger partial charge in [0.2, 0.25) is 11.7 Å². The second kappa shape index (κ2) is 7.53. The Morgan fingerprint density at radius 2 is 2.07 bits per heavy atom. The number of halogens is 1. The highest BCUT2D eigenvalue weighted by Gasteiger charge is 2.31. The molecule has 9 heteroatoms. The van der Waals surface area contributed by atoms with Gasteiger partial charge in [0.15, 0.2) is 16.4 Å². The molecular weight excluding hydrogens is 458 g/mol. The van der Waals surface area contributed by atoms with Crippen LogP contribution in [0.3, 0.4) is 0 Å². The minimum atomic E-state index is -3.01. The van der Waals surface area contributed by atoms with E-state index in [9.17, 15) is 13.2 Å². The van der Waals surface area contributed by atoms with E-state index in [1.165, 1.54) is 6.33 Å². The zero-order valence-electron chi connectivity index (χ0n) is 16.1. The average Bonchev–Trinajstić information content (AvgIpc) is 3.17. The van der Waals surface area contributed by atoms with Crippen molar-refractivity contribution in [1.82, 2.24) is 14.5 Å². The van der Waals surface area contributed by atoms with E-state index < -0.39 is 9.84 Å². The maximum Gasteiger partial charge on any atom is 0.224 e. The topological polar surface area (TPSA) is 91.2 Å². The predicted molar refractivity (Wildman–Crippen MR) is 113 cm³/mol. The zero-order chi connectivity index (χ0) is 20.8. The molecule has 1 aliphatic heterocycles. The predicted octanol–water partition coefficient (Wildman–Crippen LogP) is 3.43. The van der Waals surface area contributed by atoms with E-state index in [-0.39, 0.29) is 29.9 Å². The lowest BCUT2D eigenvalue weighted by molar-refractivity contribution is 0.0918. The smallest absolute Gasteiger partial charge is 0.224 e. The fourth-order valence-corrected chi connectivity index (χ4v) is 5.99. The van der Waals surface area contributed by atoms with Crippen LogP contribution in [-0.4, -0.2) is 46.8 Å². The Bertz CT molecular complexity index is 1220. The minimum Gasteiger partial charge on any atom is -0.469 e. The summed E-state index contributed by atoms with van der Waals surface area (Å²) in [7, 11) is -3.01. The molecule has 0 saturated carbocycles. The summed E-state index contributed by atoms with van der Waals surface area (Å²) in [4.78, 5) is 21.2. The standard InChI is InChI=1S/C20H20BrN3O4S/c1-12-7-16(13(2)24(12)15-5-6-29(26,27)10-15)19(25)9-28-20-17-8-14(21)3-4-18(17)22-11-23-20/h3-4,7-8,11,15H,5-6,9-10H2,1-2H3. The van der Waals surface area contributed by atoms with Gasteiger partial charge in [-0.15, -0.1) is 0 Å². The molecule has 0 radical (unpaired) electrons. The summed E-state index contributed by atoms with van der Waals surface area (Å²) in [5.41, 5.74) is 2.93. The van der Waals surface area contributed by atoms with Crippen LogP contribution >= 0.6 is 15.9 Å². The largest absolute Gasteiger partial charge is 0.469 e. The Morgan fingerprint density at radius 3 is 2.79 bits per heavy atom. The quantitative estimate of drug-likeness (QED) is 0.522. The van der Waals surface area contributed by atoms with Crippen molar-refractivity contribution in [3.8, 4) is 5.88 Å². The number of carbonyl (C=O) groups is 1. The molecule has 2 aromatic heterocycles. The van der Waals surface area contributed by atoms with Gasteiger partial charge in [0.05, 0.1) is 22.4 Å². The normalized spacial score (nSPS) is 18.2. The van der Waals surface area contributed by atoms with E-state index in [0.717, 1.165) is 26.8 Å². The van der Waals surface area contributed by atoms with Gasteiger partial charge in [0.1, 0.15) is 6.33 Å². The Kier molecular flexibility index (Phi) is 5.20. The van der Waals surface area contributed by atoms with Gasteiger partial charge < -0.3 is 9.30 Å². The van der Waals surface area contributed by atoms with Crippen molar-refractivity contribution in [3.63, 3.8) is 0 Å². The summed E-state index contributed by atoms with van der Waals surface area (Å²) in [6.07, 6.45) is 1.98. The van der Waals surface area contributed by atoms with Gasteiger partial charge in [-0.05, 0) is 44.5 Å². The Hall–Kier alpha value is -2.26. The van der Waals surface area contributed by atoms with E-state index in [0.29, 0.717) is 17.9 Å². The number of rotatable bonds is 5. The van der Waals surface area contributed by atoms with Crippen LogP contribution in [0.25, 0.3) is 10.9 Å². The summed E-state index contributed by atoms with van der Waals surface area (Å²) in [6.45, 7) is 3.58. The van der Waals surface area contributed by atoms with E-state index in [4.69, 9.17) is 4.74 Å². The molecule has 1 aliphatic rings. The number of ether oxygens (including phenoxy) is 1. The maximum absolute atomic E-state index is 12.8. The van der Waals surface area contributed by atoms with Crippen molar-refractivity contribution in [2.45, 2.75) is 26.3 Å². The first-order valence-corrected chi connectivity index (χ1v) is 11.8. The first-order chi connectivity index (χ1) is 13.7. The van der Waals surface area contributed by atoms with Crippen LogP contribution in [0, 0.1) is 13.8 Å². The number of ketones is 1. The zero-order valence-corrected chi connectivity index (χ0v) is 18.5. The maximum atomic E-state index is 12.8. The van der Waals surface area contributed by atoms with Crippen LogP contribution in [0.5, 0.6) is 5.88 Å². The summed E-state index contributed by atoms with van der Waals surface area (Å²) < 4.78 is 32.3. The van der Waals surface area contributed by atoms with Crippen molar-refractivity contribution >= 4 is 42.5 Å². The molecule has 3 aromatic rings. The van der Waals surface area contributed by atoms with E-state index in [1.807, 2.05) is 36.6 Å². The summed E-state index contributed by atoms with van der Waals surface area (Å²) in [5, 5.41) is 0.719. The van der Waals surface area contributed by atoms with Crippen LogP contribution in [0.1, 0.15) is 34.2 Å². The highest BCUT2D eigenvalue weighted by molar-refractivity contribution is 9.10. The molecule has 1 fully saturated rings. The van der Waals surface area contributed by atoms with Crippen molar-refractivity contribution < 1.29 is 17.9 Å². The Balaban J connectivity index is 1.56. The Labute approximate surface area is 177 Å². The molecule has 152 valence electrons. The number of aromatic nitrogens is 3. The molecule has 1 saturated heterocycles. The second-order valence-electron chi connectivity index (χ2n) is 7.26. The molecule has 0 spiro atoms. The number of Topliss-reactive ketones (excluding diaryl/α,β-unsaturated/α-hetero) is 1. The van der Waals surface area contributed by atoms with Crippen LogP contribution in [0.2, 0.25) is 0 Å². The fourth-order valence-electron chi connectivity index (χ4n) is 3.93. The Morgan fingerprint density at radius 1 is 1.28 bits per heavy atom. The third-order valence-corrected chi connectivity index (χ3v) is 7.50. The van der Waals surface area contributed by atoms with Crippen LogP contribution < -0.4 is 4.74 Å². The molecule has 7 nitrogen and oxygen atoms in total. The average molecular weight is 478 g/mol. The summed E-state index contributed by atoms with van der Waals surface area (Å²) >= 11 is 3.42. The second-order valence-corrected chi connectivity index (χ2v) is 10.4. The number of aryl methyl sites for hydroxylation is 1. The fraction of sp³-hybridized carbons (Fsp3) is 0.350. The molecule has 0 N–H and O–H groups in total. The van der Waals surface area contributed by atoms with Gasteiger partial charge >= 0.3 is 0 Å². The van der Waals surface area contributed by atoms with Crippen LogP contribution in [0.15, 0.2) is 35.1 Å². The van der Waals surface area contributed by atoms with Gasteiger partial charge in [-0.2, -0.15) is 0 Å². The number of hydrogen-bond acceptors (Lipinski definition) is 6. The van der Waals surface area contributed by atoms with Crippen LogP contribution in [-0.2, 0) is 9.84 Å². The lowest BCUT2D eigenvalue weighted by atomic mass is 10.1. The van der Waals surface area contributed by atoms with Gasteiger partial charge in [-0.1, -0.05) is 15.9 Å². The highest BCUT2D eigenvalue weighted by Crippen LogP contribution is 2.30. The molecule has 29 heavy (non-hydrogen) atoms. The monoisotopic (exact) mass is 477 g/mol. The number of hydrogen-bond donors (Lipinski definition) is 0. The van der Waals surface area contributed by atoms with Gasteiger partial charge in [-0.3, -0.25) is 4.79 Å². The van der Waals surface area contributed by atoms with Crippen LogP contribution in [0.4, 0.5) is 0 Å². The van der Waals surface area contributed by atoms with E-state index in [1.54, 1.807) is 6.07 Å². The first kappa shape index (κ1) is 20.0. The minimum absolute atomic E-state index is 0.120. The molecule has 3 heterocycles. The molecule has 1 atom stereocenters. The van der Waals surface area contributed by atoms with Crippen molar-refractivity contribution in [3.05, 3.63) is 52.0 Å². The number of carbonyl (C=O) groups excluding carboxylic acids is 1. The van der Waals surface area contributed by atoms with Gasteiger partial charge in [0.25, 0.3) is 0 Å². The highest BCUT2D eigenvalue weighted by atomic mass is 79.9. The molecule has 0 bridgehead atoms. The van der Waals surface area contributed by atoms with Crippen molar-refractivity contribution in [2.24, 2.45) is 0 Å². The first-order valence-electron chi connectivity index (χ1n) is 9.20. The molecule has 1 aromatic carbocycles. The van der Waals surface area contributed by atoms with E-state index in [2.05, 4.69) is 25.9 Å². The number of sulfone groups is 1. The number of benzene rings is 1. The van der Waals surface area contributed by atoms with E-state index >= 15 is 0 Å². The van der Waals surface area contributed by atoms with Crippen molar-refractivity contribution in [1.29, 1.82) is 0 Å². The third kappa shape index (κ3) is 3.93. The number of nitrogens with zero attached hydrogens (tertiary/aromatic N) is 3. The molecular formula is C20H20BrN3O4S.